The zero-order chi connectivity index (χ0) is 14.4. The van der Waals surface area contributed by atoms with E-state index >= 15 is 0 Å². The number of benzene rings is 1. The molecule has 4 heteroatoms. The number of piperidine rings is 1. The van der Waals surface area contributed by atoms with E-state index in [1.165, 1.54) is 51.4 Å². The quantitative estimate of drug-likeness (QED) is 0.842. The van der Waals surface area contributed by atoms with Gasteiger partial charge in [0.1, 0.15) is 5.82 Å². The fraction of sp³-hybridized carbons (Fsp3) is 0.625. The van der Waals surface area contributed by atoms with Crippen molar-refractivity contribution in [2.24, 2.45) is 0 Å². The highest BCUT2D eigenvalue weighted by atomic mass is 79.9. The third-order valence-corrected chi connectivity index (χ3v) is 4.51. The van der Waals surface area contributed by atoms with E-state index in [9.17, 15) is 4.39 Å². The lowest BCUT2D eigenvalue weighted by atomic mass is 10.0. The molecule has 0 atom stereocenters. The van der Waals surface area contributed by atoms with Crippen molar-refractivity contribution in [1.82, 2.24) is 10.2 Å². The Morgan fingerprint density at radius 1 is 1.35 bits per heavy atom. The molecule has 1 aromatic carbocycles. The van der Waals surface area contributed by atoms with Crippen molar-refractivity contribution in [3.8, 4) is 0 Å². The number of hydrogen-bond acceptors (Lipinski definition) is 2. The zero-order valence-corrected chi connectivity index (χ0v) is 13.8. The molecule has 0 radical (unpaired) electrons. The molecule has 0 aliphatic carbocycles. The monoisotopic (exact) mass is 342 g/mol. The second kappa shape index (κ2) is 8.11. The molecule has 0 unspecified atom stereocenters. The van der Waals surface area contributed by atoms with E-state index in [-0.39, 0.29) is 5.82 Å². The largest absolute Gasteiger partial charge is 0.310 e. The van der Waals surface area contributed by atoms with Gasteiger partial charge >= 0.3 is 0 Å². The SMILES string of the molecule is CCCCN1CCC(NCc2ccc(Br)cc2F)CC1. The van der Waals surface area contributed by atoms with Crippen LogP contribution in [-0.2, 0) is 6.54 Å². The summed E-state index contributed by atoms with van der Waals surface area (Å²) in [6.07, 6.45) is 4.90. The predicted octanol–water partition coefficient (Wildman–Crippen LogP) is 3.94. The third kappa shape index (κ3) is 4.83. The molecule has 1 heterocycles. The molecular formula is C16H24BrFN2. The molecule has 1 fully saturated rings. The highest BCUT2D eigenvalue weighted by Crippen LogP contribution is 2.16. The normalized spacial score (nSPS) is 17.6. The Morgan fingerprint density at radius 3 is 2.75 bits per heavy atom. The van der Waals surface area contributed by atoms with Crippen LogP contribution in [0.2, 0.25) is 0 Å². The highest BCUT2D eigenvalue weighted by molar-refractivity contribution is 9.10. The van der Waals surface area contributed by atoms with Crippen molar-refractivity contribution in [3.05, 3.63) is 34.1 Å². The molecule has 112 valence electrons. The second-order valence-corrected chi connectivity index (χ2v) is 6.50. The van der Waals surface area contributed by atoms with Gasteiger partial charge in [-0.3, -0.25) is 0 Å². The fourth-order valence-corrected chi connectivity index (χ4v) is 2.99. The minimum absolute atomic E-state index is 0.132. The van der Waals surface area contributed by atoms with Crippen LogP contribution in [0.5, 0.6) is 0 Å². The standard InChI is InChI=1S/C16H24BrFN2/c1-2-3-8-20-9-6-15(7-10-20)19-12-13-4-5-14(17)11-16(13)18/h4-5,11,15,19H,2-3,6-10,12H2,1H3. The molecule has 0 saturated carbocycles. The molecule has 2 rings (SSSR count). The molecule has 0 spiro atoms. The summed E-state index contributed by atoms with van der Waals surface area (Å²) in [6, 6.07) is 5.80. The lowest BCUT2D eigenvalue weighted by Gasteiger charge is -2.32. The van der Waals surface area contributed by atoms with Crippen LogP contribution in [0.25, 0.3) is 0 Å². The number of rotatable bonds is 6. The molecule has 1 aliphatic rings. The van der Waals surface area contributed by atoms with Gasteiger partial charge in [0.15, 0.2) is 0 Å². The first-order valence-electron chi connectivity index (χ1n) is 7.58. The van der Waals surface area contributed by atoms with Gasteiger partial charge in [0.25, 0.3) is 0 Å². The Kier molecular flexibility index (Phi) is 6.46. The van der Waals surface area contributed by atoms with Crippen LogP contribution in [0.1, 0.15) is 38.2 Å². The average molecular weight is 343 g/mol. The van der Waals surface area contributed by atoms with Crippen molar-refractivity contribution in [2.75, 3.05) is 19.6 Å². The second-order valence-electron chi connectivity index (χ2n) is 5.59. The van der Waals surface area contributed by atoms with Gasteiger partial charge in [0.05, 0.1) is 0 Å². The summed E-state index contributed by atoms with van der Waals surface area (Å²) in [6.45, 7) is 6.42. The lowest BCUT2D eigenvalue weighted by Crippen LogP contribution is -2.42. The molecule has 1 saturated heterocycles. The van der Waals surface area contributed by atoms with Crippen molar-refractivity contribution in [2.45, 2.75) is 45.2 Å². The number of hydrogen-bond donors (Lipinski definition) is 1. The van der Waals surface area contributed by atoms with E-state index < -0.39 is 0 Å². The van der Waals surface area contributed by atoms with Crippen molar-refractivity contribution < 1.29 is 4.39 Å². The molecule has 1 aliphatic heterocycles. The van der Waals surface area contributed by atoms with Crippen molar-refractivity contribution in [3.63, 3.8) is 0 Å². The van der Waals surface area contributed by atoms with Gasteiger partial charge in [-0.2, -0.15) is 0 Å². The van der Waals surface area contributed by atoms with Gasteiger partial charge in [-0.25, -0.2) is 4.39 Å². The molecular weight excluding hydrogens is 319 g/mol. The highest BCUT2D eigenvalue weighted by Gasteiger charge is 2.18. The van der Waals surface area contributed by atoms with E-state index in [0.29, 0.717) is 12.6 Å². The Hall–Kier alpha value is -0.450. The smallest absolute Gasteiger partial charge is 0.128 e. The molecule has 20 heavy (non-hydrogen) atoms. The zero-order valence-electron chi connectivity index (χ0n) is 12.2. The minimum atomic E-state index is -0.132. The summed E-state index contributed by atoms with van der Waals surface area (Å²) < 4.78 is 14.5. The van der Waals surface area contributed by atoms with E-state index in [1.54, 1.807) is 0 Å². The van der Waals surface area contributed by atoms with Gasteiger partial charge in [0, 0.05) is 22.6 Å². The summed E-state index contributed by atoms with van der Waals surface area (Å²) >= 11 is 3.29. The van der Waals surface area contributed by atoms with Crippen molar-refractivity contribution in [1.29, 1.82) is 0 Å². The van der Waals surface area contributed by atoms with Gasteiger partial charge < -0.3 is 10.2 Å². The Bertz CT molecular complexity index is 417. The first kappa shape index (κ1) is 15.9. The molecule has 0 amide bonds. The maximum atomic E-state index is 13.7. The summed E-state index contributed by atoms with van der Waals surface area (Å²) in [5, 5.41) is 3.49. The molecule has 1 aromatic rings. The topological polar surface area (TPSA) is 15.3 Å². The van der Waals surface area contributed by atoms with E-state index in [4.69, 9.17) is 0 Å². The van der Waals surface area contributed by atoms with Crippen LogP contribution >= 0.6 is 15.9 Å². The molecule has 0 aromatic heterocycles. The number of likely N-dealkylation sites (tertiary alicyclic amines) is 1. The minimum Gasteiger partial charge on any atom is -0.310 e. The van der Waals surface area contributed by atoms with Crippen LogP contribution in [-0.4, -0.2) is 30.6 Å². The van der Waals surface area contributed by atoms with Crippen molar-refractivity contribution >= 4 is 15.9 Å². The van der Waals surface area contributed by atoms with Crippen LogP contribution in [0.4, 0.5) is 4.39 Å². The summed E-state index contributed by atoms with van der Waals surface area (Å²) in [5.74, 6) is -0.132. The van der Waals surface area contributed by atoms with Gasteiger partial charge in [-0.15, -0.1) is 0 Å². The van der Waals surface area contributed by atoms with Gasteiger partial charge in [-0.05, 0) is 51.0 Å². The number of nitrogens with zero attached hydrogens (tertiary/aromatic N) is 1. The van der Waals surface area contributed by atoms with Crippen LogP contribution in [0.3, 0.4) is 0 Å². The molecule has 0 bridgehead atoms. The molecule has 2 nitrogen and oxygen atoms in total. The maximum Gasteiger partial charge on any atom is 0.128 e. The van der Waals surface area contributed by atoms with Gasteiger partial charge in [0.2, 0.25) is 0 Å². The Labute approximate surface area is 129 Å². The lowest BCUT2D eigenvalue weighted by molar-refractivity contribution is 0.194. The van der Waals surface area contributed by atoms with Gasteiger partial charge in [-0.1, -0.05) is 35.3 Å². The summed E-state index contributed by atoms with van der Waals surface area (Å²) in [7, 11) is 0. The number of nitrogens with one attached hydrogen (secondary N) is 1. The first-order valence-corrected chi connectivity index (χ1v) is 8.38. The van der Waals surface area contributed by atoms with Crippen LogP contribution < -0.4 is 5.32 Å². The Morgan fingerprint density at radius 2 is 2.10 bits per heavy atom. The van der Waals surface area contributed by atoms with E-state index in [2.05, 4.69) is 33.1 Å². The van der Waals surface area contributed by atoms with Crippen LogP contribution in [0, 0.1) is 5.82 Å². The van der Waals surface area contributed by atoms with Crippen LogP contribution in [0.15, 0.2) is 22.7 Å². The fourth-order valence-electron chi connectivity index (χ4n) is 2.66. The number of unbranched alkanes of at least 4 members (excludes halogenated alkanes) is 1. The first-order chi connectivity index (χ1) is 9.69. The Balaban J connectivity index is 1.73. The van der Waals surface area contributed by atoms with E-state index in [1.807, 2.05) is 12.1 Å². The average Bonchev–Trinajstić information content (AvgIpc) is 2.45. The summed E-state index contributed by atoms with van der Waals surface area (Å²) in [4.78, 5) is 2.54. The number of halogens is 2. The predicted molar refractivity (Wildman–Crippen MR) is 85.3 cm³/mol. The summed E-state index contributed by atoms with van der Waals surface area (Å²) in [5.41, 5.74) is 0.751. The molecule has 1 N–H and O–H groups in total. The van der Waals surface area contributed by atoms with E-state index in [0.717, 1.165) is 10.0 Å². The maximum absolute atomic E-state index is 13.7. The third-order valence-electron chi connectivity index (χ3n) is 4.01.